The fraction of sp³-hybridized carbons (Fsp3) is 0.526. The number of piperidine rings is 1. The normalized spacial score (nSPS) is 18.5. The van der Waals surface area contributed by atoms with Crippen molar-refractivity contribution < 1.29 is 37.0 Å². The van der Waals surface area contributed by atoms with Gasteiger partial charge in [0.05, 0.1) is 5.56 Å². The molecular weight excluding hydrogens is 379 g/mol. The molecule has 6 nitrogen and oxygen atoms in total. The molecule has 0 atom stereocenters. The first-order valence-corrected chi connectivity index (χ1v) is 8.59. The number of nitrogens with zero attached hydrogens (tertiary/aromatic N) is 1. The second-order valence-electron chi connectivity index (χ2n) is 7.89. The molecule has 1 aromatic rings. The number of carbonyl (C=O) groups excluding carboxylic acids is 3. The van der Waals surface area contributed by atoms with Crippen LogP contribution >= 0.6 is 0 Å². The van der Waals surface area contributed by atoms with Crippen molar-refractivity contribution in [3.05, 3.63) is 29.8 Å². The second-order valence-corrected chi connectivity index (χ2v) is 7.89. The van der Waals surface area contributed by atoms with Gasteiger partial charge in [-0.25, -0.2) is 4.79 Å². The number of ketones is 1. The van der Waals surface area contributed by atoms with Crippen LogP contribution in [-0.4, -0.2) is 46.6 Å². The summed E-state index contributed by atoms with van der Waals surface area (Å²) in [5, 5.41) is 0. The highest BCUT2D eigenvalue weighted by molar-refractivity contribution is 5.92. The zero-order valence-corrected chi connectivity index (χ0v) is 16.1. The van der Waals surface area contributed by atoms with Gasteiger partial charge in [0.2, 0.25) is 0 Å². The maximum absolute atomic E-state index is 12.7. The van der Waals surface area contributed by atoms with Crippen LogP contribution < -0.4 is 4.74 Å². The summed E-state index contributed by atoms with van der Waals surface area (Å²) in [5.41, 5.74) is -1.47. The van der Waals surface area contributed by atoms with E-state index >= 15 is 0 Å². The van der Waals surface area contributed by atoms with Gasteiger partial charge in [-0.1, -0.05) is 0 Å². The van der Waals surface area contributed by atoms with Gasteiger partial charge in [0.25, 0.3) is 5.91 Å². The quantitative estimate of drug-likeness (QED) is 0.722. The molecule has 0 bridgehead atoms. The Morgan fingerprint density at radius 2 is 1.54 bits per heavy atom. The molecule has 1 aliphatic heterocycles. The van der Waals surface area contributed by atoms with Crippen molar-refractivity contribution in [2.24, 2.45) is 0 Å². The standard InChI is InChI=1S/C19H22F3NO5/c1-17(2)9-13(24)10-18(3,4)23(17)15(25)11-27-16(26)12-5-7-14(8-6-12)28-19(20,21)22/h5-8H,9-11H2,1-4H3. The number of carbonyl (C=O) groups is 3. The van der Waals surface area contributed by atoms with Crippen molar-refractivity contribution in [1.82, 2.24) is 4.90 Å². The minimum atomic E-state index is -4.83. The van der Waals surface area contributed by atoms with E-state index in [-0.39, 0.29) is 24.2 Å². The first-order valence-electron chi connectivity index (χ1n) is 8.59. The molecule has 154 valence electrons. The van der Waals surface area contributed by atoms with Crippen molar-refractivity contribution in [3.8, 4) is 5.75 Å². The minimum absolute atomic E-state index is 0.0188. The van der Waals surface area contributed by atoms with Gasteiger partial charge in [0.1, 0.15) is 11.5 Å². The molecule has 0 N–H and O–H groups in total. The van der Waals surface area contributed by atoms with Crippen molar-refractivity contribution in [1.29, 1.82) is 0 Å². The van der Waals surface area contributed by atoms with Crippen molar-refractivity contribution in [3.63, 3.8) is 0 Å². The van der Waals surface area contributed by atoms with E-state index in [0.29, 0.717) is 0 Å². The lowest BCUT2D eigenvalue weighted by Crippen LogP contribution is -2.63. The highest BCUT2D eigenvalue weighted by atomic mass is 19.4. The molecule has 1 aliphatic rings. The first kappa shape index (κ1) is 21.7. The van der Waals surface area contributed by atoms with E-state index in [1.54, 1.807) is 32.6 Å². The minimum Gasteiger partial charge on any atom is -0.452 e. The number of amides is 1. The molecule has 1 aromatic carbocycles. The average Bonchev–Trinajstić information content (AvgIpc) is 2.48. The van der Waals surface area contributed by atoms with Crippen LogP contribution in [0.4, 0.5) is 13.2 Å². The van der Waals surface area contributed by atoms with Gasteiger partial charge in [-0.3, -0.25) is 9.59 Å². The van der Waals surface area contributed by atoms with Gasteiger partial charge in [0, 0.05) is 23.9 Å². The van der Waals surface area contributed by atoms with Gasteiger partial charge in [-0.15, -0.1) is 13.2 Å². The Kier molecular flexibility index (Phi) is 5.77. The lowest BCUT2D eigenvalue weighted by atomic mass is 9.79. The summed E-state index contributed by atoms with van der Waals surface area (Å²) < 4.78 is 45.2. The zero-order chi connectivity index (χ0) is 21.3. The molecule has 0 aromatic heterocycles. The van der Waals surface area contributed by atoms with Gasteiger partial charge in [0.15, 0.2) is 6.61 Å². The molecule has 1 fully saturated rings. The molecule has 28 heavy (non-hydrogen) atoms. The molecule has 2 rings (SSSR count). The number of hydrogen-bond donors (Lipinski definition) is 0. The summed E-state index contributed by atoms with van der Waals surface area (Å²) in [4.78, 5) is 38.2. The summed E-state index contributed by atoms with van der Waals surface area (Å²) in [6, 6.07) is 4.19. The van der Waals surface area contributed by atoms with Crippen LogP contribution in [0.3, 0.4) is 0 Å². The highest BCUT2D eigenvalue weighted by Gasteiger charge is 2.47. The van der Waals surface area contributed by atoms with Crippen LogP contribution in [0, 0.1) is 0 Å². The number of halogens is 3. The Balaban J connectivity index is 2.02. The number of likely N-dealkylation sites (tertiary alicyclic amines) is 1. The number of Topliss-reactive ketones (excluding diaryl/α,β-unsaturated/α-hetero) is 1. The Morgan fingerprint density at radius 3 is 2.00 bits per heavy atom. The topological polar surface area (TPSA) is 72.9 Å². The molecule has 0 aliphatic carbocycles. The van der Waals surface area contributed by atoms with Gasteiger partial charge in [-0.2, -0.15) is 0 Å². The van der Waals surface area contributed by atoms with Crippen LogP contribution in [0.5, 0.6) is 5.75 Å². The molecular formula is C19H22F3NO5. The molecule has 0 spiro atoms. The van der Waals surface area contributed by atoms with Gasteiger partial charge < -0.3 is 14.4 Å². The number of ether oxygens (including phenoxy) is 2. The van der Waals surface area contributed by atoms with Crippen molar-refractivity contribution >= 4 is 17.7 Å². The maximum atomic E-state index is 12.7. The summed E-state index contributed by atoms with van der Waals surface area (Å²) in [6.07, 6.45) is -4.42. The summed E-state index contributed by atoms with van der Waals surface area (Å²) in [7, 11) is 0. The third-order valence-electron chi connectivity index (χ3n) is 4.37. The number of esters is 1. The molecule has 0 unspecified atom stereocenters. The lowest BCUT2D eigenvalue weighted by Gasteiger charge is -2.51. The van der Waals surface area contributed by atoms with Crippen LogP contribution in [0.25, 0.3) is 0 Å². The number of benzene rings is 1. The van der Waals surface area contributed by atoms with Gasteiger partial charge >= 0.3 is 12.3 Å². The molecule has 9 heteroatoms. The number of rotatable bonds is 4. The summed E-state index contributed by atoms with van der Waals surface area (Å²) in [5.74, 6) is -1.72. The monoisotopic (exact) mass is 401 g/mol. The van der Waals surface area contributed by atoms with Crippen molar-refractivity contribution in [2.45, 2.75) is 58.0 Å². The molecule has 1 saturated heterocycles. The molecule has 1 heterocycles. The van der Waals surface area contributed by atoms with E-state index in [1.807, 2.05) is 0 Å². The Bertz CT molecular complexity index is 749. The molecule has 0 saturated carbocycles. The van der Waals surface area contributed by atoms with E-state index in [0.717, 1.165) is 24.3 Å². The second kappa shape index (κ2) is 7.44. The Morgan fingerprint density at radius 1 is 1.04 bits per heavy atom. The number of alkyl halides is 3. The third kappa shape index (κ3) is 5.24. The smallest absolute Gasteiger partial charge is 0.452 e. The SMILES string of the molecule is CC1(C)CC(=O)CC(C)(C)N1C(=O)COC(=O)c1ccc(OC(F)(F)F)cc1. The van der Waals surface area contributed by atoms with Crippen LogP contribution in [0.1, 0.15) is 50.9 Å². The third-order valence-corrected chi connectivity index (χ3v) is 4.37. The summed E-state index contributed by atoms with van der Waals surface area (Å²) >= 11 is 0. The first-order chi connectivity index (χ1) is 12.7. The van der Waals surface area contributed by atoms with Crippen molar-refractivity contribution in [2.75, 3.05) is 6.61 Å². The van der Waals surface area contributed by atoms with E-state index in [9.17, 15) is 27.6 Å². The van der Waals surface area contributed by atoms with E-state index < -0.39 is 41.7 Å². The van der Waals surface area contributed by atoms with Crippen LogP contribution in [0.15, 0.2) is 24.3 Å². The molecule has 0 radical (unpaired) electrons. The van der Waals surface area contributed by atoms with E-state index in [1.165, 1.54) is 0 Å². The predicted molar refractivity (Wildman–Crippen MR) is 92.7 cm³/mol. The Hall–Kier alpha value is -2.58. The number of hydrogen-bond acceptors (Lipinski definition) is 5. The van der Waals surface area contributed by atoms with E-state index in [2.05, 4.69) is 4.74 Å². The Labute approximate surface area is 160 Å². The molecule has 1 amide bonds. The lowest BCUT2D eigenvalue weighted by molar-refractivity contribution is -0.274. The maximum Gasteiger partial charge on any atom is 0.573 e. The predicted octanol–water partition coefficient (Wildman–Crippen LogP) is 3.49. The van der Waals surface area contributed by atoms with Crippen LogP contribution in [0.2, 0.25) is 0 Å². The zero-order valence-electron chi connectivity index (χ0n) is 16.1. The fourth-order valence-electron chi connectivity index (χ4n) is 3.75. The van der Waals surface area contributed by atoms with Crippen LogP contribution in [-0.2, 0) is 14.3 Å². The average molecular weight is 401 g/mol. The fourth-order valence-corrected chi connectivity index (χ4v) is 3.75. The largest absolute Gasteiger partial charge is 0.573 e. The van der Waals surface area contributed by atoms with Gasteiger partial charge in [-0.05, 0) is 52.0 Å². The van der Waals surface area contributed by atoms with E-state index in [4.69, 9.17) is 4.74 Å². The summed E-state index contributed by atoms with van der Waals surface area (Å²) in [6.45, 7) is 6.53. The highest BCUT2D eigenvalue weighted by Crippen LogP contribution is 2.36.